The van der Waals surface area contributed by atoms with Crippen molar-refractivity contribution in [1.82, 2.24) is 14.5 Å². The van der Waals surface area contributed by atoms with Gasteiger partial charge >= 0.3 is 0 Å². The summed E-state index contributed by atoms with van der Waals surface area (Å²) < 4.78 is 1.90. The van der Waals surface area contributed by atoms with E-state index in [1.165, 1.54) is 11.8 Å². The Balaban J connectivity index is 2.29. The molecule has 2 heterocycles. The molecule has 0 unspecified atom stereocenters. The molecule has 0 saturated heterocycles. The standard InChI is InChI=1S/C9H9ClN4S/c1-14-3-2-12-9(14)15-8-7(10)4-6(11)5-13-8/h2-5H,11H2,1H3. The van der Waals surface area contributed by atoms with Gasteiger partial charge in [-0.05, 0) is 17.8 Å². The van der Waals surface area contributed by atoms with Crippen molar-refractivity contribution < 1.29 is 0 Å². The number of nitrogen functional groups attached to an aromatic ring is 1. The monoisotopic (exact) mass is 240 g/mol. The van der Waals surface area contributed by atoms with Crippen LogP contribution in [0.15, 0.2) is 34.8 Å². The van der Waals surface area contributed by atoms with Crippen molar-refractivity contribution in [2.24, 2.45) is 7.05 Å². The smallest absolute Gasteiger partial charge is 0.174 e. The maximum absolute atomic E-state index is 6.00. The fourth-order valence-corrected chi connectivity index (χ4v) is 2.10. The van der Waals surface area contributed by atoms with E-state index in [0.29, 0.717) is 15.7 Å². The van der Waals surface area contributed by atoms with Gasteiger partial charge in [-0.1, -0.05) is 11.6 Å². The minimum Gasteiger partial charge on any atom is -0.397 e. The van der Waals surface area contributed by atoms with Gasteiger partial charge in [0.15, 0.2) is 5.16 Å². The maximum Gasteiger partial charge on any atom is 0.174 e. The summed E-state index contributed by atoms with van der Waals surface area (Å²) in [6, 6.07) is 1.68. The highest BCUT2D eigenvalue weighted by atomic mass is 35.5. The number of aryl methyl sites for hydroxylation is 1. The van der Waals surface area contributed by atoms with E-state index in [2.05, 4.69) is 9.97 Å². The van der Waals surface area contributed by atoms with Gasteiger partial charge in [-0.2, -0.15) is 0 Å². The third-order valence-electron chi connectivity index (χ3n) is 1.79. The van der Waals surface area contributed by atoms with Crippen molar-refractivity contribution in [2.45, 2.75) is 10.2 Å². The lowest BCUT2D eigenvalue weighted by Crippen LogP contribution is -1.92. The molecule has 78 valence electrons. The van der Waals surface area contributed by atoms with Crippen molar-refractivity contribution >= 4 is 29.1 Å². The number of nitrogens with zero attached hydrogens (tertiary/aromatic N) is 3. The first kappa shape index (κ1) is 10.3. The maximum atomic E-state index is 6.00. The topological polar surface area (TPSA) is 56.7 Å². The number of aromatic nitrogens is 3. The number of hydrogen-bond donors (Lipinski definition) is 1. The van der Waals surface area contributed by atoms with Crippen LogP contribution in [0.1, 0.15) is 0 Å². The van der Waals surface area contributed by atoms with Gasteiger partial charge in [-0.15, -0.1) is 0 Å². The van der Waals surface area contributed by atoms with Crippen LogP contribution in [0, 0.1) is 0 Å². The van der Waals surface area contributed by atoms with Crippen LogP contribution in [0.25, 0.3) is 0 Å². The van der Waals surface area contributed by atoms with Crippen LogP contribution in [0.3, 0.4) is 0 Å². The van der Waals surface area contributed by atoms with Crippen LogP contribution in [0.5, 0.6) is 0 Å². The fraction of sp³-hybridized carbons (Fsp3) is 0.111. The van der Waals surface area contributed by atoms with E-state index < -0.39 is 0 Å². The fourth-order valence-electron chi connectivity index (χ4n) is 1.05. The summed E-state index contributed by atoms with van der Waals surface area (Å²) >= 11 is 7.41. The largest absolute Gasteiger partial charge is 0.397 e. The summed E-state index contributed by atoms with van der Waals surface area (Å²) in [7, 11) is 1.92. The highest BCUT2D eigenvalue weighted by molar-refractivity contribution is 7.99. The summed E-state index contributed by atoms with van der Waals surface area (Å²) in [6.07, 6.45) is 5.18. The zero-order valence-electron chi connectivity index (χ0n) is 8.01. The number of anilines is 1. The van der Waals surface area contributed by atoms with Gasteiger partial charge < -0.3 is 10.3 Å². The van der Waals surface area contributed by atoms with Crippen molar-refractivity contribution in [3.05, 3.63) is 29.7 Å². The summed E-state index contributed by atoms with van der Waals surface area (Å²) in [5.74, 6) is 0. The van der Waals surface area contributed by atoms with E-state index in [1.807, 2.05) is 17.8 Å². The van der Waals surface area contributed by atoms with Crippen LogP contribution in [-0.4, -0.2) is 14.5 Å². The average molecular weight is 241 g/mol. The van der Waals surface area contributed by atoms with Crippen LogP contribution in [-0.2, 0) is 7.05 Å². The lowest BCUT2D eigenvalue weighted by atomic mass is 10.4. The summed E-state index contributed by atoms with van der Waals surface area (Å²) in [5, 5.41) is 2.09. The Kier molecular flexibility index (Phi) is 2.83. The van der Waals surface area contributed by atoms with Crippen molar-refractivity contribution in [3.63, 3.8) is 0 Å². The molecule has 0 bridgehead atoms. The Bertz CT molecular complexity index is 483. The van der Waals surface area contributed by atoms with Crippen LogP contribution >= 0.6 is 23.4 Å². The van der Waals surface area contributed by atoms with Gasteiger partial charge in [0.1, 0.15) is 5.03 Å². The van der Waals surface area contributed by atoms with E-state index >= 15 is 0 Å². The zero-order chi connectivity index (χ0) is 10.8. The molecule has 0 radical (unpaired) electrons. The summed E-state index contributed by atoms with van der Waals surface area (Å²) in [4.78, 5) is 8.32. The molecule has 2 rings (SSSR count). The Morgan fingerprint density at radius 3 is 2.87 bits per heavy atom. The van der Waals surface area contributed by atoms with Gasteiger partial charge in [0.2, 0.25) is 0 Å². The summed E-state index contributed by atoms with van der Waals surface area (Å²) in [5.41, 5.74) is 6.11. The molecule has 4 nitrogen and oxygen atoms in total. The lowest BCUT2D eigenvalue weighted by Gasteiger charge is -2.03. The minimum absolute atomic E-state index is 0.544. The van der Waals surface area contributed by atoms with Gasteiger partial charge in [0.05, 0.1) is 16.9 Å². The van der Waals surface area contributed by atoms with Gasteiger partial charge in [0.25, 0.3) is 0 Å². The molecule has 2 N–H and O–H groups in total. The van der Waals surface area contributed by atoms with Crippen LogP contribution in [0.4, 0.5) is 5.69 Å². The predicted molar refractivity (Wildman–Crippen MR) is 61.0 cm³/mol. The van der Waals surface area contributed by atoms with Crippen LogP contribution in [0.2, 0.25) is 5.02 Å². The molecular weight excluding hydrogens is 232 g/mol. The SMILES string of the molecule is Cn1ccnc1Sc1ncc(N)cc1Cl. The first-order valence-electron chi connectivity index (χ1n) is 4.23. The molecule has 0 aliphatic rings. The number of halogens is 1. The number of rotatable bonds is 2. The normalized spacial score (nSPS) is 10.5. The van der Waals surface area contributed by atoms with Crippen molar-refractivity contribution in [2.75, 3.05) is 5.73 Å². The highest BCUT2D eigenvalue weighted by Crippen LogP contribution is 2.30. The van der Waals surface area contributed by atoms with Crippen molar-refractivity contribution in [3.8, 4) is 0 Å². The van der Waals surface area contributed by atoms with E-state index in [4.69, 9.17) is 17.3 Å². The van der Waals surface area contributed by atoms with Gasteiger partial charge in [0, 0.05) is 19.4 Å². The number of hydrogen-bond acceptors (Lipinski definition) is 4. The number of imidazole rings is 1. The van der Waals surface area contributed by atoms with Gasteiger partial charge in [-0.3, -0.25) is 0 Å². The second-order valence-corrected chi connectivity index (χ2v) is 4.34. The van der Waals surface area contributed by atoms with E-state index in [9.17, 15) is 0 Å². The van der Waals surface area contributed by atoms with Gasteiger partial charge in [-0.25, -0.2) is 9.97 Å². The minimum atomic E-state index is 0.544. The van der Waals surface area contributed by atoms with E-state index in [1.54, 1.807) is 18.5 Å². The Morgan fingerprint density at radius 1 is 1.47 bits per heavy atom. The number of nitrogens with two attached hydrogens (primary N) is 1. The van der Waals surface area contributed by atoms with Crippen molar-refractivity contribution in [1.29, 1.82) is 0 Å². The molecule has 2 aromatic rings. The molecule has 0 fully saturated rings. The zero-order valence-corrected chi connectivity index (χ0v) is 9.59. The highest BCUT2D eigenvalue weighted by Gasteiger charge is 2.07. The molecule has 0 aromatic carbocycles. The molecule has 2 aromatic heterocycles. The first-order chi connectivity index (χ1) is 7.16. The number of pyridine rings is 1. The lowest BCUT2D eigenvalue weighted by molar-refractivity contribution is 0.788. The Morgan fingerprint density at radius 2 is 2.27 bits per heavy atom. The molecule has 6 heteroatoms. The predicted octanol–water partition coefficient (Wildman–Crippen LogP) is 2.20. The molecule has 0 saturated carbocycles. The first-order valence-corrected chi connectivity index (χ1v) is 5.42. The summed E-state index contributed by atoms with van der Waals surface area (Å²) in [6.45, 7) is 0. The molecule has 0 aliphatic carbocycles. The molecular formula is C9H9ClN4S. The quantitative estimate of drug-likeness (QED) is 0.875. The third-order valence-corrected chi connectivity index (χ3v) is 3.29. The molecule has 0 spiro atoms. The molecule has 0 atom stereocenters. The second kappa shape index (κ2) is 4.12. The third kappa shape index (κ3) is 2.24. The Hall–Kier alpha value is -1.20. The van der Waals surface area contributed by atoms with E-state index in [0.717, 1.165) is 5.16 Å². The molecule has 0 amide bonds. The molecule has 0 aliphatic heterocycles. The average Bonchev–Trinajstić information content (AvgIpc) is 2.57. The van der Waals surface area contributed by atoms with E-state index in [-0.39, 0.29) is 0 Å². The van der Waals surface area contributed by atoms with Crippen LogP contribution < -0.4 is 5.73 Å². The molecule has 15 heavy (non-hydrogen) atoms. The second-order valence-electron chi connectivity index (χ2n) is 2.98. The Labute approximate surface area is 96.5 Å².